The maximum absolute atomic E-state index is 8.92. The molecule has 0 bridgehead atoms. The van der Waals surface area contributed by atoms with Crippen LogP contribution in [0.4, 0.5) is 0 Å². The monoisotopic (exact) mass is 202 g/mol. The molecule has 14 heavy (non-hydrogen) atoms. The fourth-order valence-corrected chi connectivity index (χ4v) is 1.62. The maximum Gasteiger partial charge on any atom is 0.101 e. The van der Waals surface area contributed by atoms with Crippen molar-refractivity contribution >= 4 is 11.6 Å². The average Bonchev–Trinajstić information content (AvgIpc) is 2.70. The molecule has 0 N–H and O–H groups in total. The van der Waals surface area contributed by atoms with Gasteiger partial charge in [-0.1, -0.05) is 17.7 Å². The molecule has 0 aliphatic rings. The lowest BCUT2D eigenvalue weighted by Gasteiger charge is -2.06. The zero-order chi connectivity index (χ0) is 9.97. The van der Waals surface area contributed by atoms with Gasteiger partial charge >= 0.3 is 0 Å². The smallest absolute Gasteiger partial charge is 0.101 e. The standard InChI is InChI=1S/C11H7ClN2/c12-10-5-3-4-9(8-13)11(10)14-6-1-2-7-14/h1-7H. The number of aromatic nitrogens is 1. The molecule has 2 aromatic rings. The van der Waals surface area contributed by atoms with Crippen molar-refractivity contribution in [2.75, 3.05) is 0 Å². The van der Waals surface area contributed by atoms with Gasteiger partial charge in [-0.3, -0.25) is 0 Å². The van der Waals surface area contributed by atoms with Gasteiger partial charge in [0, 0.05) is 12.4 Å². The van der Waals surface area contributed by atoms with Gasteiger partial charge in [0.2, 0.25) is 0 Å². The minimum Gasteiger partial charge on any atom is -0.321 e. The maximum atomic E-state index is 8.92. The highest BCUT2D eigenvalue weighted by molar-refractivity contribution is 6.32. The Hall–Kier alpha value is -1.72. The lowest BCUT2D eigenvalue weighted by Crippen LogP contribution is -1.94. The van der Waals surface area contributed by atoms with Gasteiger partial charge in [0.05, 0.1) is 16.3 Å². The molecule has 0 saturated heterocycles. The van der Waals surface area contributed by atoms with Crippen molar-refractivity contribution in [2.45, 2.75) is 0 Å². The molecule has 0 aliphatic carbocycles. The van der Waals surface area contributed by atoms with Gasteiger partial charge in [-0.2, -0.15) is 5.26 Å². The van der Waals surface area contributed by atoms with E-state index in [9.17, 15) is 0 Å². The first-order chi connectivity index (χ1) is 6.83. The summed E-state index contributed by atoms with van der Waals surface area (Å²) in [6.07, 6.45) is 3.73. The number of hydrogen-bond donors (Lipinski definition) is 0. The molecule has 1 aromatic carbocycles. The SMILES string of the molecule is N#Cc1cccc(Cl)c1-n1cccc1. The van der Waals surface area contributed by atoms with Crippen LogP contribution in [0.3, 0.4) is 0 Å². The summed E-state index contributed by atoms with van der Waals surface area (Å²) in [5.74, 6) is 0. The molecule has 68 valence electrons. The number of nitriles is 1. The number of benzene rings is 1. The third kappa shape index (κ3) is 1.39. The lowest BCUT2D eigenvalue weighted by molar-refractivity contribution is 1.07. The van der Waals surface area contributed by atoms with Crippen molar-refractivity contribution in [3.8, 4) is 11.8 Å². The van der Waals surface area contributed by atoms with Gasteiger partial charge in [-0.05, 0) is 24.3 Å². The van der Waals surface area contributed by atoms with Crippen LogP contribution in [0.1, 0.15) is 5.56 Å². The van der Waals surface area contributed by atoms with Crippen LogP contribution in [0, 0.1) is 11.3 Å². The fourth-order valence-electron chi connectivity index (χ4n) is 1.35. The van der Waals surface area contributed by atoms with Crippen molar-refractivity contribution in [2.24, 2.45) is 0 Å². The summed E-state index contributed by atoms with van der Waals surface area (Å²) in [7, 11) is 0. The van der Waals surface area contributed by atoms with Crippen LogP contribution in [-0.2, 0) is 0 Å². The number of rotatable bonds is 1. The molecular weight excluding hydrogens is 196 g/mol. The molecular formula is C11H7ClN2. The third-order valence-electron chi connectivity index (χ3n) is 1.97. The van der Waals surface area contributed by atoms with Gasteiger partial charge in [0.1, 0.15) is 6.07 Å². The Morgan fingerprint density at radius 2 is 1.86 bits per heavy atom. The normalized spacial score (nSPS) is 9.71. The number of para-hydroxylation sites is 1. The van der Waals surface area contributed by atoms with Gasteiger partial charge in [0.15, 0.2) is 0 Å². The van der Waals surface area contributed by atoms with Crippen molar-refractivity contribution < 1.29 is 0 Å². The molecule has 2 nitrogen and oxygen atoms in total. The molecule has 0 unspecified atom stereocenters. The molecule has 0 atom stereocenters. The largest absolute Gasteiger partial charge is 0.321 e. The number of nitrogens with zero attached hydrogens (tertiary/aromatic N) is 2. The van der Waals surface area contributed by atoms with E-state index >= 15 is 0 Å². The Bertz CT molecular complexity index is 480. The zero-order valence-electron chi connectivity index (χ0n) is 7.31. The first kappa shape index (κ1) is 8.86. The predicted molar refractivity (Wildman–Crippen MR) is 55.5 cm³/mol. The second-order valence-corrected chi connectivity index (χ2v) is 3.25. The van der Waals surface area contributed by atoms with Crippen LogP contribution in [0.2, 0.25) is 5.02 Å². The topological polar surface area (TPSA) is 28.7 Å². The first-order valence-electron chi connectivity index (χ1n) is 4.15. The molecule has 1 heterocycles. The molecule has 1 aromatic heterocycles. The van der Waals surface area contributed by atoms with E-state index in [2.05, 4.69) is 6.07 Å². The van der Waals surface area contributed by atoms with E-state index in [-0.39, 0.29) is 0 Å². The minimum absolute atomic E-state index is 0.578. The Morgan fingerprint density at radius 3 is 2.50 bits per heavy atom. The summed E-state index contributed by atoms with van der Waals surface area (Å²) in [4.78, 5) is 0. The molecule has 0 fully saturated rings. The minimum atomic E-state index is 0.578. The van der Waals surface area contributed by atoms with E-state index in [0.717, 1.165) is 5.69 Å². The van der Waals surface area contributed by atoms with Crippen LogP contribution in [0.5, 0.6) is 0 Å². The fraction of sp³-hybridized carbons (Fsp3) is 0. The van der Waals surface area contributed by atoms with E-state index in [0.29, 0.717) is 10.6 Å². The number of halogens is 1. The molecule has 0 aliphatic heterocycles. The molecule has 0 spiro atoms. The lowest BCUT2D eigenvalue weighted by atomic mass is 10.2. The highest BCUT2D eigenvalue weighted by Crippen LogP contribution is 2.23. The van der Waals surface area contributed by atoms with Gasteiger partial charge in [-0.15, -0.1) is 0 Å². The van der Waals surface area contributed by atoms with Crippen LogP contribution in [-0.4, -0.2) is 4.57 Å². The average molecular weight is 203 g/mol. The quantitative estimate of drug-likeness (QED) is 0.699. The molecule has 0 saturated carbocycles. The highest BCUT2D eigenvalue weighted by Gasteiger charge is 2.06. The molecule has 2 rings (SSSR count). The van der Waals surface area contributed by atoms with Gasteiger partial charge < -0.3 is 4.57 Å². The van der Waals surface area contributed by atoms with Crippen LogP contribution in [0.25, 0.3) is 5.69 Å². The van der Waals surface area contributed by atoms with Crippen molar-refractivity contribution in [3.63, 3.8) is 0 Å². The van der Waals surface area contributed by atoms with E-state index in [1.807, 2.05) is 29.1 Å². The summed E-state index contributed by atoms with van der Waals surface area (Å²) < 4.78 is 1.83. The summed E-state index contributed by atoms with van der Waals surface area (Å²) in [5, 5.41) is 9.50. The zero-order valence-corrected chi connectivity index (χ0v) is 8.07. The Labute approximate surface area is 87.0 Å². The van der Waals surface area contributed by atoms with E-state index in [1.165, 1.54) is 0 Å². The van der Waals surface area contributed by atoms with Gasteiger partial charge in [-0.25, -0.2) is 0 Å². The Balaban J connectivity index is 2.69. The van der Waals surface area contributed by atoms with E-state index < -0.39 is 0 Å². The van der Waals surface area contributed by atoms with Crippen LogP contribution in [0.15, 0.2) is 42.7 Å². The molecule has 3 heteroatoms. The molecule has 0 amide bonds. The van der Waals surface area contributed by atoms with Crippen LogP contribution >= 0.6 is 11.6 Å². The predicted octanol–water partition coefficient (Wildman–Crippen LogP) is 3.00. The first-order valence-corrected chi connectivity index (χ1v) is 4.52. The Morgan fingerprint density at radius 1 is 1.14 bits per heavy atom. The summed E-state index contributed by atoms with van der Waals surface area (Å²) in [6.45, 7) is 0. The Kier molecular flexibility index (Phi) is 2.26. The summed E-state index contributed by atoms with van der Waals surface area (Å²) in [5.41, 5.74) is 1.32. The summed E-state index contributed by atoms with van der Waals surface area (Å²) in [6, 6.07) is 11.2. The summed E-state index contributed by atoms with van der Waals surface area (Å²) >= 11 is 6.03. The molecule has 0 radical (unpaired) electrons. The van der Waals surface area contributed by atoms with Crippen LogP contribution < -0.4 is 0 Å². The third-order valence-corrected chi connectivity index (χ3v) is 2.27. The number of hydrogen-bond acceptors (Lipinski definition) is 1. The highest BCUT2D eigenvalue weighted by atomic mass is 35.5. The second-order valence-electron chi connectivity index (χ2n) is 2.84. The van der Waals surface area contributed by atoms with Crippen molar-refractivity contribution in [1.29, 1.82) is 5.26 Å². The van der Waals surface area contributed by atoms with Crippen molar-refractivity contribution in [1.82, 2.24) is 4.57 Å². The van der Waals surface area contributed by atoms with Crippen molar-refractivity contribution in [3.05, 3.63) is 53.3 Å². The second kappa shape index (κ2) is 3.57. The van der Waals surface area contributed by atoms with E-state index in [1.54, 1.807) is 18.2 Å². The van der Waals surface area contributed by atoms with Gasteiger partial charge in [0.25, 0.3) is 0 Å². The van der Waals surface area contributed by atoms with E-state index in [4.69, 9.17) is 16.9 Å².